The Labute approximate surface area is 188 Å². The summed E-state index contributed by atoms with van der Waals surface area (Å²) in [5.74, 6) is 2.49. The number of carbonyl (C=O) groups is 1. The lowest BCUT2D eigenvalue weighted by Crippen LogP contribution is -2.52. The second-order valence-corrected chi connectivity index (χ2v) is 8.63. The molecule has 0 saturated carbocycles. The third kappa shape index (κ3) is 5.58. The van der Waals surface area contributed by atoms with Crippen molar-refractivity contribution < 1.29 is 23.5 Å². The molecule has 0 aliphatic carbocycles. The van der Waals surface area contributed by atoms with Crippen LogP contribution in [-0.4, -0.2) is 60.6 Å². The lowest BCUT2D eigenvalue weighted by Gasteiger charge is -2.46. The van der Waals surface area contributed by atoms with Gasteiger partial charge >= 0.3 is 6.03 Å². The van der Waals surface area contributed by atoms with E-state index in [9.17, 15) is 4.79 Å². The molecule has 1 aromatic heterocycles. The van der Waals surface area contributed by atoms with Crippen LogP contribution in [0.2, 0.25) is 0 Å². The van der Waals surface area contributed by atoms with Crippen LogP contribution in [0, 0.1) is 5.92 Å². The lowest BCUT2D eigenvalue weighted by atomic mass is 9.78. The number of hydrogen-bond acceptors (Lipinski definition) is 7. The molecule has 2 aromatic rings. The van der Waals surface area contributed by atoms with E-state index in [-0.39, 0.29) is 11.6 Å². The minimum absolute atomic E-state index is 0.0282. The number of carbonyl (C=O) groups excluding carboxylic acids is 1. The quantitative estimate of drug-likeness (QED) is 0.701. The van der Waals surface area contributed by atoms with E-state index in [0.717, 1.165) is 50.0 Å². The number of rotatable bonds is 7. The Bertz CT molecular complexity index is 877. The SMILES string of the molecule is COCc1noc(CC2CCOC3(CCN(C(=O)NCc4ccc(OC)cc4)CC3)C2)n1. The fraction of sp³-hybridized carbons (Fsp3) is 0.609. The zero-order chi connectivity index (χ0) is 22.4. The molecule has 32 heavy (non-hydrogen) atoms. The minimum Gasteiger partial charge on any atom is -0.497 e. The average molecular weight is 445 g/mol. The van der Waals surface area contributed by atoms with Crippen molar-refractivity contribution in [2.24, 2.45) is 5.92 Å². The van der Waals surface area contributed by atoms with Gasteiger partial charge in [-0.2, -0.15) is 4.98 Å². The molecule has 4 rings (SSSR count). The van der Waals surface area contributed by atoms with E-state index < -0.39 is 0 Å². The van der Waals surface area contributed by atoms with Gasteiger partial charge in [0.05, 0.1) is 12.7 Å². The molecule has 1 unspecified atom stereocenters. The summed E-state index contributed by atoms with van der Waals surface area (Å²) in [4.78, 5) is 18.9. The first-order chi connectivity index (χ1) is 15.6. The Balaban J connectivity index is 1.24. The molecule has 2 amide bonds. The van der Waals surface area contributed by atoms with Gasteiger partial charge in [-0.05, 0) is 49.3 Å². The summed E-state index contributed by atoms with van der Waals surface area (Å²) in [7, 11) is 3.26. The van der Waals surface area contributed by atoms with Crippen LogP contribution in [-0.2, 0) is 29.0 Å². The maximum Gasteiger partial charge on any atom is 0.317 e. The number of hydrogen-bond donors (Lipinski definition) is 1. The highest BCUT2D eigenvalue weighted by Gasteiger charge is 2.41. The van der Waals surface area contributed by atoms with E-state index in [0.29, 0.717) is 43.9 Å². The third-order valence-corrected chi connectivity index (χ3v) is 6.41. The average Bonchev–Trinajstić information content (AvgIpc) is 3.25. The van der Waals surface area contributed by atoms with E-state index in [1.165, 1.54) is 0 Å². The van der Waals surface area contributed by atoms with Gasteiger partial charge in [0.1, 0.15) is 12.4 Å². The molecule has 0 bridgehead atoms. The van der Waals surface area contributed by atoms with Crippen molar-refractivity contribution in [2.75, 3.05) is 33.9 Å². The summed E-state index contributed by atoms with van der Waals surface area (Å²) in [6, 6.07) is 7.69. The third-order valence-electron chi connectivity index (χ3n) is 6.41. The van der Waals surface area contributed by atoms with Gasteiger partial charge in [0.15, 0.2) is 5.82 Å². The molecule has 0 radical (unpaired) electrons. The van der Waals surface area contributed by atoms with E-state index in [1.807, 2.05) is 29.2 Å². The number of nitrogens with zero attached hydrogens (tertiary/aromatic N) is 3. The highest BCUT2D eigenvalue weighted by molar-refractivity contribution is 5.74. The summed E-state index contributed by atoms with van der Waals surface area (Å²) in [5.41, 5.74) is 0.881. The molecule has 1 N–H and O–H groups in total. The Morgan fingerprint density at radius 3 is 2.75 bits per heavy atom. The monoisotopic (exact) mass is 444 g/mol. The Kier molecular flexibility index (Phi) is 7.26. The minimum atomic E-state index is -0.162. The van der Waals surface area contributed by atoms with Gasteiger partial charge in [0.2, 0.25) is 5.89 Å². The first-order valence-electron chi connectivity index (χ1n) is 11.2. The largest absolute Gasteiger partial charge is 0.497 e. The van der Waals surface area contributed by atoms with E-state index in [4.69, 9.17) is 18.7 Å². The van der Waals surface area contributed by atoms with Crippen LogP contribution in [0.3, 0.4) is 0 Å². The van der Waals surface area contributed by atoms with Gasteiger partial charge in [-0.25, -0.2) is 4.79 Å². The Morgan fingerprint density at radius 2 is 2.03 bits per heavy atom. The molecule has 3 heterocycles. The van der Waals surface area contributed by atoms with Crippen molar-refractivity contribution in [3.8, 4) is 5.75 Å². The van der Waals surface area contributed by atoms with Crippen LogP contribution in [0.15, 0.2) is 28.8 Å². The first kappa shape index (κ1) is 22.5. The molecule has 2 saturated heterocycles. The fourth-order valence-electron chi connectivity index (χ4n) is 4.61. The number of ether oxygens (including phenoxy) is 3. The maximum atomic E-state index is 12.6. The normalized spacial score (nSPS) is 20.3. The van der Waals surface area contributed by atoms with Crippen LogP contribution in [0.5, 0.6) is 5.75 Å². The predicted molar refractivity (Wildman–Crippen MR) is 116 cm³/mol. The fourth-order valence-corrected chi connectivity index (χ4v) is 4.61. The van der Waals surface area contributed by atoms with Crippen molar-refractivity contribution in [1.29, 1.82) is 0 Å². The second kappa shape index (κ2) is 10.3. The molecule has 2 aliphatic heterocycles. The standard InChI is InChI=1S/C23H32N4O5/c1-29-16-20-25-21(32-26-20)13-18-7-12-31-23(14-18)8-10-27(11-9-23)22(28)24-15-17-3-5-19(30-2)6-4-17/h3-6,18H,7-16H2,1-2H3,(H,24,28). The smallest absolute Gasteiger partial charge is 0.317 e. The maximum absolute atomic E-state index is 12.6. The molecule has 2 aliphatic rings. The van der Waals surface area contributed by atoms with E-state index in [2.05, 4.69) is 15.5 Å². The number of piperidine rings is 1. The number of benzene rings is 1. The number of nitrogens with one attached hydrogen (secondary N) is 1. The number of likely N-dealkylation sites (tertiary alicyclic amines) is 1. The van der Waals surface area contributed by atoms with Crippen LogP contribution in [0.4, 0.5) is 4.79 Å². The van der Waals surface area contributed by atoms with Crippen LogP contribution >= 0.6 is 0 Å². The summed E-state index contributed by atoms with van der Waals surface area (Å²) >= 11 is 0. The van der Waals surface area contributed by atoms with Crippen molar-refractivity contribution in [3.63, 3.8) is 0 Å². The number of aromatic nitrogens is 2. The molecule has 1 aromatic carbocycles. The van der Waals surface area contributed by atoms with Crippen molar-refractivity contribution in [3.05, 3.63) is 41.5 Å². The van der Waals surface area contributed by atoms with Gasteiger partial charge in [-0.15, -0.1) is 0 Å². The molecular formula is C23H32N4O5. The second-order valence-electron chi connectivity index (χ2n) is 8.63. The van der Waals surface area contributed by atoms with Crippen molar-refractivity contribution in [2.45, 2.75) is 50.9 Å². The van der Waals surface area contributed by atoms with Crippen LogP contribution in [0.1, 0.15) is 43.0 Å². The van der Waals surface area contributed by atoms with Gasteiger partial charge in [0.25, 0.3) is 0 Å². The highest BCUT2D eigenvalue weighted by atomic mass is 16.5. The first-order valence-corrected chi connectivity index (χ1v) is 11.2. The molecule has 1 spiro atoms. The zero-order valence-corrected chi connectivity index (χ0v) is 18.8. The Morgan fingerprint density at radius 1 is 1.25 bits per heavy atom. The molecular weight excluding hydrogens is 412 g/mol. The molecule has 1 atom stereocenters. The van der Waals surface area contributed by atoms with E-state index >= 15 is 0 Å². The Hall–Kier alpha value is -2.65. The van der Waals surface area contributed by atoms with Crippen LogP contribution < -0.4 is 10.1 Å². The summed E-state index contributed by atoms with van der Waals surface area (Å²) in [5, 5.41) is 6.97. The van der Waals surface area contributed by atoms with Gasteiger partial charge < -0.3 is 29.0 Å². The number of amides is 2. The molecule has 174 valence electrons. The van der Waals surface area contributed by atoms with Gasteiger partial charge in [-0.1, -0.05) is 17.3 Å². The van der Waals surface area contributed by atoms with Crippen molar-refractivity contribution in [1.82, 2.24) is 20.4 Å². The lowest BCUT2D eigenvalue weighted by molar-refractivity contribution is -0.123. The summed E-state index contributed by atoms with van der Waals surface area (Å²) < 4.78 is 21.8. The van der Waals surface area contributed by atoms with Gasteiger partial charge in [-0.3, -0.25) is 0 Å². The van der Waals surface area contributed by atoms with Gasteiger partial charge in [0, 0.05) is 39.8 Å². The number of methoxy groups -OCH3 is 2. The summed E-state index contributed by atoms with van der Waals surface area (Å²) in [6.45, 7) is 2.97. The zero-order valence-electron chi connectivity index (χ0n) is 18.8. The van der Waals surface area contributed by atoms with E-state index in [1.54, 1.807) is 14.2 Å². The summed E-state index contributed by atoms with van der Waals surface area (Å²) in [6.07, 6.45) is 4.39. The predicted octanol–water partition coefficient (Wildman–Crippen LogP) is 2.94. The van der Waals surface area contributed by atoms with Crippen molar-refractivity contribution >= 4 is 6.03 Å². The topological polar surface area (TPSA) is 99.0 Å². The molecule has 9 nitrogen and oxygen atoms in total. The molecule has 9 heteroatoms. The highest BCUT2D eigenvalue weighted by Crippen LogP contribution is 2.38. The molecule has 2 fully saturated rings. The van der Waals surface area contributed by atoms with Crippen LogP contribution in [0.25, 0.3) is 0 Å². The number of urea groups is 1.